The van der Waals surface area contributed by atoms with Crippen molar-refractivity contribution < 1.29 is 4.79 Å². The zero-order chi connectivity index (χ0) is 9.84. The van der Waals surface area contributed by atoms with Crippen LogP contribution >= 0.6 is 15.9 Å². The molecule has 2 amide bonds. The van der Waals surface area contributed by atoms with Crippen molar-refractivity contribution in [2.75, 3.05) is 12.4 Å². The number of aryl methyl sites for hydroxylation is 1. The molecule has 0 radical (unpaired) electrons. The molecule has 0 bridgehead atoms. The fourth-order valence-electron chi connectivity index (χ4n) is 0.906. The molecule has 13 heavy (non-hydrogen) atoms. The number of anilines is 1. The maximum atomic E-state index is 11.0. The van der Waals surface area contributed by atoms with Crippen LogP contribution in [0.5, 0.6) is 0 Å². The van der Waals surface area contributed by atoms with E-state index in [-0.39, 0.29) is 6.03 Å². The second-order valence-electron chi connectivity index (χ2n) is 2.69. The topological polar surface area (TPSA) is 41.1 Å². The van der Waals surface area contributed by atoms with E-state index < -0.39 is 0 Å². The molecule has 70 valence electrons. The highest BCUT2D eigenvalue weighted by Crippen LogP contribution is 2.22. The van der Waals surface area contributed by atoms with E-state index in [4.69, 9.17) is 0 Å². The van der Waals surface area contributed by atoms with Crippen molar-refractivity contribution in [3.8, 4) is 0 Å². The Balaban J connectivity index is 2.83. The van der Waals surface area contributed by atoms with Crippen LogP contribution in [0.2, 0.25) is 0 Å². The Morgan fingerprint density at radius 1 is 1.46 bits per heavy atom. The highest BCUT2D eigenvalue weighted by atomic mass is 79.9. The minimum Gasteiger partial charge on any atom is -0.341 e. The molecule has 0 saturated heterocycles. The number of carbonyl (C=O) groups excluding carboxylic acids is 1. The summed E-state index contributed by atoms with van der Waals surface area (Å²) in [6, 6.07) is 5.53. The van der Waals surface area contributed by atoms with Crippen molar-refractivity contribution in [2.45, 2.75) is 6.92 Å². The summed E-state index contributed by atoms with van der Waals surface area (Å²) in [5, 5.41) is 5.17. The SMILES string of the molecule is CNC(=O)Nc1ccc(C)cc1Br. The molecule has 0 fully saturated rings. The van der Waals surface area contributed by atoms with Gasteiger partial charge in [-0.3, -0.25) is 0 Å². The minimum absolute atomic E-state index is 0.218. The third kappa shape index (κ3) is 2.73. The summed E-state index contributed by atoms with van der Waals surface area (Å²) in [6.45, 7) is 1.99. The first kappa shape index (κ1) is 10.1. The van der Waals surface area contributed by atoms with E-state index in [1.807, 2.05) is 25.1 Å². The van der Waals surface area contributed by atoms with Gasteiger partial charge in [0.05, 0.1) is 5.69 Å². The van der Waals surface area contributed by atoms with Gasteiger partial charge in [-0.1, -0.05) is 6.07 Å². The molecule has 4 heteroatoms. The molecule has 0 spiro atoms. The van der Waals surface area contributed by atoms with Gasteiger partial charge in [0, 0.05) is 11.5 Å². The van der Waals surface area contributed by atoms with Crippen LogP contribution in [-0.4, -0.2) is 13.1 Å². The smallest absolute Gasteiger partial charge is 0.319 e. The number of halogens is 1. The van der Waals surface area contributed by atoms with Gasteiger partial charge in [0.15, 0.2) is 0 Å². The van der Waals surface area contributed by atoms with Gasteiger partial charge < -0.3 is 10.6 Å². The van der Waals surface area contributed by atoms with Crippen LogP contribution in [0.3, 0.4) is 0 Å². The standard InChI is InChI=1S/C9H11BrN2O/c1-6-3-4-8(7(10)5-6)12-9(13)11-2/h3-5H,1-2H3,(H2,11,12,13). The Morgan fingerprint density at radius 2 is 2.15 bits per heavy atom. The first-order chi connectivity index (χ1) is 6.13. The van der Waals surface area contributed by atoms with Crippen LogP contribution < -0.4 is 10.6 Å². The van der Waals surface area contributed by atoms with E-state index in [1.54, 1.807) is 7.05 Å². The minimum atomic E-state index is -0.218. The average molecular weight is 243 g/mol. The van der Waals surface area contributed by atoms with Gasteiger partial charge in [-0.2, -0.15) is 0 Å². The number of rotatable bonds is 1. The van der Waals surface area contributed by atoms with E-state index in [2.05, 4.69) is 26.6 Å². The number of amides is 2. The zero-order valence-corrected chi connectivity index (χ0v) is 9.10. The summed E-state index contributed by atoms with van der Waals surface area (Å²) in [5.74, 6) is 0. The van der Waals surface area contributed by atoms with Crippen molar-refractivity contribution in [3.05, 3.63) is 28.2 Å². The fraction of sp³-hybridized carbons (Fsp3) is 0.222. The molecule has 2 N–H and O–H groups in total. The van der Waals surface area contributed by atoms with E-state index >= 15 is 0 Å². The Labute approximate surface area is 85.7 Å². The Bertz CT molecular complexity index is 325. The molecule has 0 aliphatic heterocycles. The Morgan fingerprint density at radius 3 is 2.69 bits per heavy atom. The van der Waals surface area contributed by atoms with Gasteiger partial charge in [-0.05, 0) is 40.5 Å². The van der Waals surface area contributed by atoms with Gasteiger partial charge in [0.1, 0.15) is 0 Å². The molecule has 0 aromatic heterocycles. The van der Waals surface area contributed by atoms with Gasteiger partial charge in [0.2, 0.25) is 0 Å². The van der Waals surface area contributed by atoms with Gasteiger partial charge >= 0.3 is 6.03 Å². The molecule has 0 aliphatic rings. The zero-order valence-electron chi connectivity index (χ0n) is 7.52. The maximum absolute atomic E-state index is 11.0. The third-order valence-electron chi connectivity index (χ3n) is 1.60. The average Bonchev–Trinajstić information content (AvgIpc) is 2.09. The molecule has 0 aliphatic carbocycles. The number of nitrogens with one attached hydrogen (secondary N) is 2. The van der Waals surface area contributed by atoms with E-state index in [9.17, 15) is 4.79 Å². The second kappa shape index (κ2) is 4.28. The lowest BCUT2D eigenvalue weighted by Gasteiger charge is -2.06. The van der Waals surface area contributed by atoms with Crippen molar-refractivity contribution in [2.24, 2.45) is 0 Å². The lowest BCUT2D eigenvalue weighted by atomic mass is 10.2. The van der Waals surface area contributed by atoms with Crippen LogP contribution in [-0.2, 0) is 0 Å². The number of hydrogen-bond donors (Lipinski definition) is 2. The summed E-state index contributed by atoms with van der Waals surface area (Å²) in [7, 11) is 1.58. The molecule has 3 nitrogen and oxygen atoms in total. The fourth-order valence-corrected chi connectivity index (χ4v) is 1.50. The lowest BCUT2D eigenvalue weighted by Crippen LogP contribution is -2.24. The quantitative estimate of drug-likeness (QED) is 0.781. The van der Waals surface area contributed by atoms with E-state index in [1.165, 1.54) is 0 Å². The van der Waals surface area contributed by atoms with Crippen LogP contribution in [0.1, 0.15) is 5.56 Å². The van der Waals surface area contributed by atoms with Crippen molar-refractivity contribution in [1.29, 1.82) is 0 Å². The van der Waals surface area contributed by atoms with E-state index in [0.29, 0.717) is 0 Å². The monoisotopic (exact) mass is 242 g/mol. The lowest BCUT2D eigenvalue weighted by molar-refractivity contribution is 0.254. The van der Waals surface area contributed by atoms with Gasteiger partial charge in [-0.15, -0.1) is 0 Å². The predicted molar refractivity (Wildman–Crippen MR) is 57.0 cm³/mol. The van der Waals surface area contributed by atoms with Crippen LogP contribution in [0.4, 0.5) is 10.5 Å². The van der Waals surface area contributed by atoms with Crippen LogP contribution in [0.15, 0.2) is 22.7 Å². The normalized spacial score (nSPS) is 9.46. The number of benzene rings is 1. The molecule has 1 rings (SSSR count). The van der Waals surface area contributed by atoms with Crippen molar-refractivity contribution in [3.63, 3.8) is 0 Å². The molecular weight excluding hydrogens is 232 g/mol. The summed E-state index contributed by atoms with van der Waals surface area (Å²) in [6.07, 6.45) is 0. The summed E-state index contributed by atoms with van der Waals surface area (Å²) in [5.41, 5.74) is 1.92. The van der Waals surface area contributed by atoms with Crippen molar-refractivity contribution >= 4 is 27.6 Å². The van der Waals surface area contributed by atoms with Gasteiger partial charge in [0.25, 0.3) is 0 Å². The summed E-state index contributed by atoms with van der Waals surface area (Å²) in [4.78, 5) is 11.0. The number of hydrogen-bond acceptors (Lipinski definition) is 1. The molecule has 0 atom stereocenters. The molecule has 1 aromatic carbocycles. The summed E-state index contributed by atoms with van der Waals surface area (Å²) >= 11 is 3.36. The Hall–Kier alpha value is -1.03. The summed E-state index contributed by atoms with van der Waals surface area (Å²) < 4.78 is 0.885. The number of carbonyl (C=O) groups is 1. The van der Waals surface area contributed by atoms with Crippen LogP contribution in [0.25, 0.3) is 0 Å². The van der Waals surface area contributed by atoms with Gasteiger partial charge in [-0.25, -0.2) is 4.79 Å². The molecular formula is C9H11BrN2O. The van der Waals surface area contributed by atoms with Crippen molar-refractivity contribution in [1.82, 2.24) is 5.32 Å². The first-order valence-electron chi connectivity index (χ1n) is 3.88. The molecule has 0 heterocycles. The largest absolute Gasteiger partial charge is 0.341 e. The Kier molecular flexibility index (Phi) is 3.31. The maximum Gasteiger partial charge on any atom is 0.319 e. The second-order valence-corrected chi connectivity index (χ2v) is 3.54. The predicted octanol–water partition coefficient (Wildman–Crippen LogP) is 2.51. The molecule has 1 aromatic rings. The highest BCUT2D eigenvalue weighted by Gasteiger charge is 2.02. The third-order valence-corrected chi connectivity index (χ3v) is 2.26. The molecule has 0 unspecified atom stereocenters. The first-order valence-corrected chi connectivity index (χ1v) is 4.67. The van der Waals surface area contributed by atoms with E-state index in [0.717, 1.165) is 15.7 Å². The molecule has 0 saturated carbocycles. The number of urea groups is 1. The highest BCUT2D eigenvalue weighted by molar-refractivity contribution is 9.10. The van der Waals surface area contributed by atoms with Crippen LogP contribution in [0, 0.1) is 6.92 Å².